The molecule has 4 aliphatic heterocycles. The third-order valence-corrected chi connectivity index (χ3v) is 12.5. The van der Waals surface area contributed by atoms with E-state index in [-0.39, 0.29) is 24.1 Å². The fourth-order valence-electron chi connectivity index (χ4n) is 9.47. The van der Waals surface area contributed by atoms with Crippen molar-refractivity contribution in [2.45, 2.75) is 57.5 Å². The number of aromatic nitrogens is 1. The van der Waals surface area contributed by atoms with Crippen molar-refractivity contribution in [1.82, 2.24) is 20.1 Å². The second-order valence-corrected chi connectivity index (χ2v) is 15.8. The molecule has 4 aromatic rings. The second kappa shape index (κ2) is 15.0. The van der Waals surface area contributed by atoms with Gasteiger partial charge in [-0.1, -0.05) is 18.2 Å². The number of rotatable bonds is 7. The number of nitrogens with zero attached hydrogens (tertiary/aromatic N) is 5. The smallest absolute Gasteiger partial charge is 0.255 e. The first kappa shape index (κ1) is 35.2. The summed E-state index contributed by atoms with van der Waals surface area (Å²) in [6.07, 6.45) is 9.69. The highest BCUT2D eigenvalue weighted by Crippen LogP contribution is 2.41. The summed E-state index contributed by atoms with van der Waals surface area (Å²) < 4.78 is 0. The van der Waals surface area contributed by atoms with Gasteiger partial charge in [0.15, 0.2) is 0 Å². The Hall–Kier alpha value is -5.48. The number of hydrogen-bond acceptors (Lipinski definition) is 8. The molecule has 9 rings (SSSR count). The van der Waals surface area contributed by atoms with E-state index in [1.807, 2.05) is 36.7 Å². The summed E-state index contributed by atoms with van der Waals surface area (Å²) in [7, 11) is 0. The van der Waals surface area contributed by atoms with Gasteiger partial charge in [0.05, 0.1) is 0 Å². The fourth-order valence-corrected chi connectivity index (χ4v) is 9.47. The van der Waals surface area contributed by atoms with Crippen LogP contribution in [-0.4, -0.2) is 89.5 Å². The van der Waals surface area contributed by atoms with Crippen LogP contribution < -0.4 is 15.1 Å². The predicted octanol–water partition coefficient (Wildman–Crippen LogP) is 5.88. The lowest BCUT2D eigenvalue weighted by Gasteiger charge is -2.40. The van der Waals surface area contributed by atoms with Gasteiger partial charge in [-0.3, -0.25) is 29.6 Å². The van der Waals surface area contributed by atoms with Crippen LogP contribution in [-0.2, 0) is 22.6 Å². The molecule has 5 heterocycles. The van der Waals surface area contributed by atoms with Crippen molar-refractivity contribution >= 4 is 40.2 Å². The van der Waals surface area contributed by atoms with Crippen molar-refractivity contribution in [3.8, 4) is 5.75 Å². The summed E-state index contributed by atoms with van der Waals surface area (Å²) in [5, 5.41) is 12.7. The third kappa shape index (κ3) is 7.11. The molecular weight excluding hydrogens is 689 g/mol. The van der Waals surface area contributed by atoms with Crippen molar-refractivity contribution in [3.05, 3.63) is 119 Å². The predicted molar refractivity (Wildman–Crippen MR) is 214 cm³/mol. The number of pyridine rings is 1. The van der Waals surface area contributed by atoms with Crippen LogP contribution in [0.5, 0.6) is 5.75 Å². The molecule has 10 nitrogen and oxygen atoms in total. The lowest BCUT2D eigenvalue weighted by Crippen LogP contribution is -2.52. The summed E-state index contributed by atoms with van der Waals surface area (Å²) in [5.41, 5.74) is 11.4. The zero-order valence-electron chi connectivity index (χ0n) is 31.3. The number of carbonyl (C=O) groups is 3. The van der Waals surface area contributed by atoms with Crippen LogP contribution in [0.2, 0.25) is 0 Å². The van der Waals surface area contributed by atoms with Crippen LogP contribution in [0.4, 0.5) is 11.4 Å². The third-order valence-electron chi connectivity index (χ3n) is 12.5. The Kier molecular flexibility index (Phi) is 9.60. The van der Waals surface area contributed by atoms with Crippen LogP contribution in [0.3, 0.4) is 0 Å². The van der Waals surface area contributed by atoms with Crippen LogP contribution in [0, 0.1) is 5.92 Å². The molecule has 282 valence electrons. The van der Waals surface area contributed by atoms with E-state index in [1.165, 1.54) is 51.9 Å². The lowest BCUT2D eigenvalue weighted by atomic mass is 9.88. The van der Waals surface area contributed by atoms with Crippen molar-refractivity contribution in [1.29, 1.82) is 0 Å². The quantitative estimate of drug-likeness (QED) is 0.227. The molecule has 2 N–H and O–H groups in total. The van der Waals surface area contributed by atoms with Crippen LogP contribution in [0.15, 0.2) is 85.2 Å². The summed E-state index contributed by atoms with van der Waals surface area (Å²) >= 11 is 0. The molecule has 1 atom stereocenters. The molecule has 1 aliphatic carbocycles. The number of piperidine rings is 2. The molecule has 55 heavy (non-hydrogen) atoms. The lowest BCUT2D eigenvalue weighted by molar-refractivity contribution is -0.136. The Morgan fingerprint density at radius 1 is 0.691 bits per heavy atom. The zero-order chi connectivity index (χ0) is 37.5. The fraction of sp³-hybridized carbons (Fsp3) is 0.378. The number of phenolic OH excluding ortho intramolecular Hbond substituents is 1. The highest BCUT2D eigenvalue weighted by atomic mass is 16.3. The number of anilines is 2. The number of aryl methyl sites for hydroxylation is 1. The Morgan fingerprint density at radius 2 is 1.42 bits per heavy atom. The molecular formula is C45H48N6O4. The molecule has 3 fully saturated rings. The van der Waals surface area contributed by atoms with Crippen molar-refractivity contribution < 1.29 is 19.5 Å². The number of imide groups is 1. The molecule has 5 aliphatic rings. The van der Waals surface area contributed by atoms with E-state index < -0.39 is 6.04 Å². The van der Waals surface area contributed by atoms with Gasteiger partial charge in [0, 0.05) is 88.1 Å². The molecule has 0 bridgehead atoms. The number of hydrogen-bond donors (Lipinski definition) is 2. The number of benzene rings is 3. The monoisotopic (exact) mass is 736 g/mol. The van der Waals surface area contributed by atoms with Gasteiger partial charge in [-0.2, -0.15) is 0 Å². The van der Waals surface area contributed by atoms with E-state index in [0.29, 0.717) is 30.2 Å². The minimum absolute atomic E-state index is 0.124. The SMILES string of the molecule is O=C1CCC(N2Cc3cc(N4CCN(CC5CCN(c6ccc(C7=C(c8ccncc8)CCCc8cc(O)ccc87)cc6)CC5)CC4)ccc3C2=O)C(=O)N1. The first-order valence-corrected chi connectivity index (χ1v) is 19.9. The van der Waals surface area contributed by atoms with Crippen molar-refractivity contribution in [3.63, 3.8) is 0 Å². The van der Waals surface area contributed by atoms with Crippen molar-refractivity contribution in [2.75, 3.05) is 55.6 Å². The maximum Gasteiger partial charge on any atom is 0.255 e. The number of nitrogens with one attached hydrogen (secondary N) is 1. The van der Waals surface area contributed by atoms with E-state index in [0.717, 1.165) is 76.3 Å². The molecule has 1 unspecified atom stereocenters. The van der Waals surface area contributed by atoms with Gasteiger partial charge in [-0.25, -0.2) is 0 Å². The van der Waals surface area contributed by atoms with Crippen LogP contribution in [0.25, 0.3) is 11.1 Å². The largest absolute Gasteiger partial charge is 0.508 e. The second-order valence-electron chi connectivity index (χ2n) is 15.8. The summed E-state index contributed by atoms with van der Waals surface area (Å²) in [4.78, 5) is 50.7. The Morgan fingerprint density at radius 3 is 2.18 bits per heavy atom. The topological polar surface area (TPSA) is 109 Å². The molecule has 3 saturated heterocycles. The van der Waals surface area contributed by atoms with E-state index in [9.17, 15) is 19.5 Å². The summed E-state index contributed by atoms with van der Waals surface area (Å²) in [6, 6.07) is 24.7. The van der Waals surface area contributed by atoms with Crippen LogP contribution in [0.1, 0.15) is 76.7 Å². The zero-order valence-corrected chi connectivity index (χ0v) is 31.3. The number of carbonyl (C=O) groups excluding carboxylic acids is 3. The Balaban J connectivity index is 0.798. The highest BCUT2D eigenvalue weighted by molar-refractivity contribution is 6.05. The number of amides is 3. The number of fused-ring (bicyclic) bond motifs is 2. The molecule has 10 heteroatoms. The van der Waals surface area contributed by atoms with Gasteiger partial charge < -0.3 is 19.8 Å². The normalized spacial score (nSPS) is 21.1. The first-order valence-electron chi connectivity index (χ1n) is 19.9. The van der Waals surface area contributed by atoms with Gasteiger partial charge in [-0.15, -0.1) is 0 Å². The Bertz CT molecular complexity index is 2130. The summed E-state index contributed by atoms with van der Waals surface area (Å²) in [5.74, 6) is 0.236. The number of piperazine rings is 1. The van der Waals surface area contributed by atoms with E-state index in [2.05, 4.69) is 73.5 Å². The van der Waals surface area contributed by atoms with E-state index in [4.69, 9.17) is 0 Å². The van der Waals surface area contributed by atoms with Gasteiger partial charge in [0.2, 0.25) is 11.8 Å². The van der Waals surface area contributed by atoms with Gasteiger partial charge in [0.25, 0.3) is 5.91 Å². The van der Waals surface area contributed by atoms with E-state index >= 15 is 0 Å². The van der Waals surface area contributed by atoms with Gasteiger partial charge >= 0.3 is 0 Å². The molecule has 0 spiro atoms. The average Bonchev–Trinajstić information content (AvgIpc) is 3.41. The first-order chi connectivity index (χ1) is 26.9. The minimum Gasteiger partial charge on any atom is -0.508 e. The molecule has 3 aromatic carbocycles. The van der Waals surface area contributed by atoms with Crippen LogP contribution >= 0.6 is 0 Å². The van der Waals surface area contributed by atoms with Gasteiger partial charge in [-0.05, 0) is 138 Å². The van der Waals surface area contributed by atoms with E-state index in [1.54, 1.807) is 4.90 Å². The van der Waals surface area contributed by atoms with Crippen molar-refractivity contribution in [2.24, 2.45) is 5.92 Å². The molecule has 3 amide bonds. The summed E-state index contributed by atoms with van der Waals surface area (Å²) in [6.45, 7) is 7.56. The standard InChI is InChI=1S/C45H48N6O4/c52-37-9-11-39-33(27-37)2-1-3-38(31-14-18-46-19-15-31)43(39)32-4-6-35(7-5-32)49-20-16-30(17-21-49)28-48-22-24-50(25-23-48)36-8-10-40-34(26-36)29-51(45(40)55)41-12-13-42(53)47-44(41)54/h4-11,14-15,18-19,26-27,30,41,52H,1-3,12-13,16-17,20-25,28-29H2,(H,47,53,54). The average molecular weight is 737 g/mol. The van der Waals surface area contributed by atoms with Gasteiger partial charge in [0.1, 0.15) is 11.8 Å². The molecule has 0 radical (unpaired) electrons. The molecule has 1 aromatic heterocycles. The highest BCUT2D eigenvalue weighted by Gasteiger charge is 2.39. The molecule has 0 saturated carbocycles. The number of aromatic hydroxyl groups is 1. The number of phenols is 1. The minimum atomic E-state index is -0.589. The maximum atomic E-state index is 13.2. The Labute approximate surface area is 322 Å². The maximum absolute atomic E-state index is 13.2. The number of allylic oxidation sites excluding steroid dienone is 1.